The molecule has 1 aliphatic heterocycles. The molecule has 3 rings (SSSR count). The summed E-state index contributed by atoms with van der Waals surface area (Å²) in [6, 6.07) is 10.6. The van der Waals surface area contributed by atoms with Crippen LogP contribution in [0, 0.1) is 5.41 Å². The van der Waals surface area contributed by atoms with Gasteiger partial charge in [-0.05, 0) is 49.1 Å². The van der Waals surface area contributed by atoms with Crippen molar-refractivity contribution < 1.29 is 14.7 Å². The Kier molecular flexibility index (Phi) is 5.13. The number of anilines is 1. The van der Waals surface area contributed by atoms with Gasteiger partial charge in [0, 0.05) is 24.3 Å². The Labute approximate surface area is 156 Å². The molecule has 0 saturated carbocycles. The van der Waals surface area contributed by atoms with Gasteiger partial charge in [-0.3, -0.25) is 9.59 Å². The lowest BCUT2D eigenvalue weighted by Gasteiger charge is -2.40. The number of pyridine rings is 1. The quantitative estimate of drug-likeness (QED) is 0.840. The zero-order valence-corrected chi connectivity index (χ0v) is 14.9. The number of hydrogen-bond donors (Lipinski definition) is 2. The standard InChI is InChI=1S/C19H20ClN3O3/c20-14-5-3-13(4-6-14)12-19(18(25)26)7-10-23(11-8-19)17-15(16(21)24)2-1-9-22-17/h1-6,9H,7-8,10-12H2,(H2,21,24)(H,25,26). The molecule has 2 aromatic rings. The molecule has 0 radical (unpaired) electrons. The minimum atomic E-state index is -0.841. The third-order valence-corrected chi connectivity index (χ3v) is 5.23. The second kappa shape index (κ2) is 7.33. The summed E-state index contributed by atoms with van der Waals surface area (Å²) in [5.74, 6) is -0.821. The largest absolute Gasteiger partial charge is 0.481 e. The molecule has 2 heterocycles. The number of carboxylic acid groups (broad SMARTS) is 1. The Morgan fingerprint density at radius 3 is 2.42 bits per heavy atom. The van der Waals surface area contributed by atoms with Gasteiger partial charge >= 0.3 is 5.97 Å². The Morgan fingerprint density at radius 1 is 1.19 bits per heavy atom. The fourth-order valence-electron chi connectivity index (χ4n) is 3.45. The van der Waals surface area contributed by atoms with E-state index in [-0.39, 0.29) is 0 Å². The summed E-state index contributed by atoms with van der Waals surface area (Å²) < 4.78 is 0. The highest BCUT2D eigenvalue weighted by molar-refractivity contribution is 6.30. The minimum absolute atomic E-state index is 0.355. The zero-order chi connectivity index (χ0) is 18.7. The molecule has 1 aromatic heterocycles. The molecule has 136 valence electrons. The van der Waals surface area contributed by atoms with Crippen LogP contribution in [0.15, 0.2) is 42.6 Å². The molecule has 0 unspecified atom stereocenters. The van der Waals surface area contributed by atoms with Crippen molar-refractivity contribution in [1.82, 2.24) is 4.98 Å². The van der Waals surface area contributed by atoms with Gasteiger partial charge < -0.3 is 15.7 Å². The van der Waals surface area contributed by atoms with Crippen LogP contribution in [0.3, 0.4) is 0 Å². The predicted molar refractivity (Wildman–Crippen MR) is 99.4 cm³/mol. The molecule has 0 atom stereocenters. The van der Waals surface area contributed by atoms with E-state index in [1.165, 1.54) is 0 Å². The van der Waals surface area contributed by atoms with Gasteiger partial charge in [-0.15, -0.1) is 0 Å². The van der Waals surface area contributed by atoms with Crippen LogP contribution in [-0.4, -0.2) is 35.1 Å². The van der Waals surface area contributed by atoms with Gasteiger partial charge in [-0.2, -0.15) is 0 Å². The van der Waals surface area contributed by atoms with E-state index in [9.17, 15) is 14.7 Å². The van der Waals surface area contributed by atoms with Crippen LogP contribution >= 0.6 is 11.6 Å². The van der Waals surface area contributed by atoms with E-state index >= 15 is 0 Å². The van der Waals surface area contributed by atoms with Crippen molar-refractivity contribution in [2.45, 2.75) is 19.3 Å². The molecule has 6 nitrogen and oxygen atoms in total. The van der Waals surface area contributed by atoms with Gasteiger partial charge in [0.05, 0.1) is 11.0 Å². The molecule has 0 bridgehead atoms. The van der Waals surface area contributed by atoms with Gasteiger partial charge in [0.2, 0.25) is 0 Å². The monoisotopic (exact) mass is 373 g/mol. The molecule has 1 aliphatic rings. The molecule has 3 N–H and O–H groups in total. The topological polar surface area (TPSA) is 96.5 Å². The van der Waals surface area contributed by atoms with Crippen LogP contribution < -0.4 is 10.6 Å². The highest BCUT2D eigenvalue weighted by atomic mass is 35.5. The normalized spacial score (nSPS) is 16.3. The van der Waals surface area contributed by atoms with Crippen LogP contribution in [0.25, 0.3) is 0 Å². The Balaban J connectivity index is 1.79. The summed E-state index contributed by atoms with van der Waals surface area (Å²) in [5.41, 5.74) is 5.89. The number of carboxylic acids is 1. The van der Waals surface area contributed by atoms with Crippen LogP contribution in [0.4, 0.5) is 5.82 Å². The highest BCUT2D eigenvalue weighted by Crippen LogP contribution is 2.37. The minimum Gasteiger partial charge on any atom is -0.481 e. The number of piperidine rings is 1. The average molecular weight is 374 g/mol. The maximum Gasteiger partial charge on any atom is 0.310 e. The van der Waals surface area contributed by atoms with Crippen molar-refractivity contribution in [3.05, 3.63) is 58.7 Å². The smallest absolute Gasteiger partial charge is 0.310 e. The molecule has 1 amide bonds. The van der Waals surface area contributed by atoms with Crippen LogP contribution in [0.5, 0.6) is 0 Å². The van der Waals surface area contributed by atoms with Crippen molar-refractivity contribution in [3.8, 4) is 0 Å². The summed E-state index contributed by atoms with van der Waals surface area (Å²) in [6.45, 7) is 0.994. The van der Waals surface area contributed by atoms with Crippen molar-refractivity contribution >= 4 is 29.3 Å². The zero-order valence-electron chi connectivity index (χ0n) is 14.2. The lowest BCUT2D eigenvalue weighted by Crippen LogP contribution is -2.46. The fraction of sp³-hybridized carbons (Fsp3) is 0.316. The van der Waals surface area contributed by atoms with Gasteiger partial charge in [-0.25, -0.2) is 4.98 Å². The summed E-state index contributed by atoms with van der Waals surface area (Å²) in [5, 5.41) is 10.5. The van der Waals surface area contributed by atoms with E-state index in [1.807, 2.05) is 17.0 Å². The lowest BCUT2D eigenvalue weighted by molar-refractivity contribution is -0.150. The van der Waals surface area contributed by atoms with Crippen molar-refractivity contribution in [2.75, 3.05) is 18.0 Å². The number of carbonyl (C=O) groups excluding carboxylic acids is 1. The summed E-state index contributed by atoms with van der Waals surface area (Å²) in [7, 11) is 0. The van der Waals surface area contributed by atoms with E-state index < -0.39 is 17.3 Å². The van der Waals surface area contributed by atoms with Crippen molar-refractivity contribution in [3.63, 3.8) is 0 Å². The molecular weight excluding hydrogens is 354 g/mol. The van der Waals surface area contributed by atoms with E-state index in [2.05, 4.69) is 4.98 Å². The predicted octanol–water partition coefficient (Wildman–Crippen LogP) is 2.75. The third-order valence-electron chi connectivity index (χ3n) is 4.98. The number of nitrogens with zero attached hydrogens (tertiary/aromatic N) is 2. The second-order valence-corrected chi connectivity index (χ2v) is 7.05. The molecule has 1 aromatic carbocycles. The van der Waals surface area contributed by atoms with Crippen LogP contribution in [0.1, 0.15) is 28.8 Å². The van der Waals surface area contributed by atoms with Gasteiger partial charge in [-0.1, -0.05) is 23.7 Å². The van der Waals surface area contributed by atoms with Crippen molar-refractivity contribution in [1.29, 1.82) is 0 Å². The molecule has 1 saturated heterocycles. The molecule has 7 heteroatoms. The Bertz CT molecular complexity index is 815. The first-order valence-corrected chi connectivity index (χ1v) is 8.77. The number of nitrogens with two attached hydrogens (primary N) is 1. The SMILES string of the molecule is NC(=O)c1cccnc1N1CCC(Cc2ccc(Cl)cc2)(C(=O)O)CC1. The highest BCUT2D eigenvalue weighted by Gasteiger charge is 2.42. The van der Waals surface area contributed by atoms with Gasteiger partial charge in [0.25, 0.3) is 5.91 Å². The number of rotatable bonds is 5. The average Bonchev–Trinajstić information content (AvgIpc) is 2.64. The summed E-state index contributed by atoms with van der Waals surface area (Å²) in [6.07, 6.45) is 2.96. The lowest BCUT2D eigenvalue weighted by atomic mass is 9.74. The first-order valence-electron chi connectivity index (χ1n) is 8.39. The first kappa shape index (κ1) is 18.2. The number of aromatic nitrogens is 1. The Hall–Kier alpha value is -2.60. The number of halogens is 1. The molecule has 26 heavy (non-hydrogen) atoms. The maximum absolute atomic E-state index is 12.0. The molecule has 1 fully saturated rings. The number of carbonyl (C=O) groups is 2. The molecule has 0 spiro atoms. The number of aliphatic carboxylic acids is 1. The summed E-state index contributed by atoms with van der Waals surface area (Å²) >= 11 is 5.91. The summed E-state index contributed by atoms with van der Waals surface area (Å²) in [4.78, 5) is 29.9. The second-order valence-electron chi connectivity index (χ2n) is 6.61. The van der Waals surface area contributed by atoms with E-state index in [4.69, 9.17) is 17.3 Å². The van der Waals surface area contributed by atoms with E-state index in [1.54, 1.807) is 30.5 Å². The van der Waals surface area contributed by atoms with E-state index in [0.29, 0.717) is 48.8 Å². The fourth-order valence-corrected chi connectivity index (χ4v) is 3.57. The molecule has 0 aliphatic carbocycles. The number of primary amides is 1. The first-order chi connectivity index (χ1) is 12.4. The number of hydrogen-bond acceptors (Lipinski definition) is 4. The maximum atomic E-state index is 12.0. The third kappa shape index (κ3) is 3.65. The van der Waals surface area contributed by atoms with Crippen LogP contribution in [-0.2, 0) is 11.2 Å². The van der Waals surface area contributed by atoms with Gasteiger partial charge in [0.15, 0.2) is 0 Å². The van der Waals surface area contributed by atoms with Gasteiger partial charge in [0.1, 0.15) is 5.82 Å². The van der Waals surface area contributed by atoms with E-state index in [0.717, 1.165) is 5.56 Å². The Morgan fingerprint density at radius 2 is 1.85 bits per heavy atom. The van der Waals surface area contributed by atoms with Crippen molar-refractivity contribution in [2.24, 2.45) is 11.1 Å². The number of benzene rings is 1. The number of amides is 1. The molecular formula is C19H20ClN3O3. The van der Waals surface area contributed by atoms with Crippen LogP contribution in [0.2, 0.25) is 5.02 Å².